The fraction of sp³-hybridized carbons (Fsp3) is 0.316. The van der Waals surface area contributed by atoms with Crippen molar-refractivity contribution >= 4 is 5.97 Å². The second-order valence-electron chi connectivity index (χ2n) is 5.54. The Balaban J connectivity index is 1.79. The molecule has 0 radical (unpaired) electrons. The quantitative estimate of drug-likeness (QED) is 0.706. The summed E-state index contributed by atoms with van der Waals surface area (Å²) in [6, 6.07) is 19.8. The minimum absolute atomic E-state index is 0.162. The third kappa shape index (κ3) is 6.98. The Bertz CT molecular complexity index is 572. The number of ether oxygens (including phenoxy) is 1. The summed E-state index contributed by atoms with van der Waals surface area (Å²) in [4.78, 5) is 10.8. The predicted molar refractivity (Wildman–Crippen MR) is 90.4 cm³/mol. The van der Waals surface area contributed by atoms with E-state index in [0.29, 0.717) is 13.0 Å². The van der Waals surface area contributed by atoms with Crippen molar-refractivity contribution in [2.24, 2.45) is 5.92 Å². The van der Waals surface area contributed by atoms with Crippen LogP contribution in [-0.2, 0) is 11.3 Å². The van der Waals surface area contributed by atoms with Crippen LogP contribution in [0.25, 0.3) is 0 Å². The lowest BCUT2D eigenvalue weighted by Gasteiger charge is -2.18. The topological polar surface area (TPSA) is 58.6 Å². The molecule has 23 heavy (non-hydrogen) atoms. The van der Waals surface area contributed by atoms with Crippen LogP contribution in [0.4, 0.5) is 0 Å². The van der Waals surface area contributed by atoms with Crippen LogP contribution in [0.5, 0.6) is 5.75 Å². The average molecular weight is 313 g/mol. The molecule has 0 aromatic heterocycles. The molecule has 0 heterocycles. The summed E-state index contributed by atoms with van der Waals surface area (Å²) >= 11 is 0. The van der Waals surface area contributed by atoms with Gasteiger partial charge in [0.05, 0.1) is 6.61 Å². The van der Waals surface area contributed by atoms with Crippen molar-refractivity contribution < 1.29 is 14.6 Å². The maximum absolute atomic E-state index is 10.8. The number of hydrogen-bond acceptors (Lipinski definition) is 3. The zero-order chi connectivity index (χ0) is 16.3. The van der Waals surface area contributed by atoms with Gasteiger partial charge in [0, 0.05) is 25.4 Å². The van der Waals surface area contributed by atoms with Crippen LogP contribution in [0.3, 0.4) is 0 Å². The van der Waals surface area contributed by atoms with Crippen molar-refractivity contribution in [2.45, 2.75) is 19.4 Å². The lowest BCUT2D eigenvalue weighted by Crippen LogP contribution is -2.27. The van der Waals surface area contributed by atoms with Crippen molar-refractivity contribution in [1.29, 1.82) is 0 Å². The maximum atomic E-state index is 10.8. The van der Waals surface area contributed by atoms with Gasteiger partial charge in [-0.3, -0.25) is 4.79 Å². The molecule has 2 rings (SSSR count). The van der Waals surface area contributed by atoms with E-state index in [9.17, 15) is 4.79 Å². The molecule has 0 saturated heterocycles. The van der Waals surface area contributed by atoms with E-state index in [1.807, 2.05) is 48.5 Å². The normalized spacial score (nSPS) is 11.8. The fourth-order valence-electron chi connectivity index (χ4n) is 2.32. The Morgan fingerprint density at radius 3 is 2.35 bits per heavy atom. The van der Waals surface area contributed by atoms with Gasteiger partial charge < -0.3 is 15.2 Å². The van der Waals surface area contributed by atoms with Gasteiger partial charge in [0.25, 0.3) is 0 Å². The molecule has 0 fully saturated rings. The largest absolute Gasteiger partial charge is 0.493 e. The molecule has 4 nitrogen and oxygen atoms in total. The van der Waals surface area contributed by atoms with E-state index in [-0.39, 0.29) is 12.3 Å². The van der Waals surface area contributed by atoms with E-state index in [4.69, 9.17) is 9.84 Å². The highest BCUT2D eigenvalue weighted by atomic mass is 16.5. The Hall–Kier alpha value is -2.33. The van der Waals surface area contributed by atoms with Gasteiger partial charge in [0.2, 0.25) is 0 Å². The zero-order valence-corrected chi connectivity index (χ0v) is 13.2. The minimum atomic E-state index is -0.766. The standard InChI is InChI=1S/C19H23NO3/c21-19(22)12-11-17(15-23-18-9-5-2-6-10-18)14-20-13-16-7-3-1-4-8-16/h1-10,17,20H,11-15H2,(H,21,22). The average Bonchev–Trinajstić information content (AvgIpc) is 2.58. The second kappa shape index (κ2) is 9.64. The first-order chi connectivity index (χ1) is 11.2. The molecular formula is C19H23NO3. The molecule has 122 valence electrons. The van der Waals surface area contributed by atoms with Crippen LogP contribution in [-0.4, -0.2) is 24.2 Å². The lowest BCUT2D eigenvalue weighted by atomic mass is 10.0. The number of rotatable bonds is 10. The third-order valence-corrected chi connectivity index (χ3v) is 3.60. The highest BCUT2D eigenvalue weighted by Crippen LogP contribution is 2.13. The summed E-state index contributed by atoms with van der Waals surface area (Å²) in [6.07, 6.45) is 0.764. The van der Waals surface area contributed by atoms with Crippen LogP contribution < -0.4 is 10.1 Å². The monoisotopic (exact) mass is 313 g/mol. The van der Waals surface area contributed by atoms with Crippen molar-refractivity contribution in [1.82, 2.24) is 5.32 Å². The van der Waals surface area contributed by atoms with E-state index < -0.39 is 5.97 Å². The number of hydrogen-bond donors (Lipinski definition) is 2. The summed E-state index contributed by atoms with van der Waals surface area (Å²) in [5.41, 5.74) is 1.22. The molecule has 4 heteroatoms. The van der Waals surface area contributed by atoms with Gasteiger partial charge in [-0.25, -0.2) is 0 Å². The molecule has 2 N–H and O–H groups in total. The number of benzene rings is 2. The number of aliphatic carboxylic acids is 1. The minimum Gasteiger partial charge on any atom is -0.493 e. The Labute approximate surface area is 137 Å². The highest BCUT2D eigenvalue weighted by molar-refractivity contribution is 5.66. The highest BCUT2D eigenvalue weighted by Gasteiger charge is 2.12. The fourth-order valence-corrected chi connectivity index (χ4v) is 2.32. The summed E-state index contributed by atoms with van der Waals surface area (Å²) in [5.74, 6) is 0.212. The smallest absolute Gasteiger partial charge is 0.303 e. The van der Waals surface area contributed by atoms with Crippen LogP contribution in [0.1, 0.15) is 18.4 Å². The number of para-hydroxylation sites is 1. The Kier molecular flexibility index (Phi) is 7.14. The van der Waals surface area contributed by atoms with Gasteiger partial charge in [0.15, 0.2) is 0 Å². The molecule has 0 aliphatic heterocycles. The summed E-state index contributed by atoms with van der Waals surface area (Å²) in [6.45, 7) is 2.02. The van der Waals surface area contributed by atoms with Crippen molar-refractivity contribution in [2.75, 3.05) is 13.2 Å². The molecule has 2 aromatic rings. The van der Waals surface area contributed by atoms with Gasteiger partial charge in [0.1, 0.15) is 5.75 Å². The van der Waals surface area contributed by atoms with Gasteiger partial charge in [-0.2, -0.15) is 0 Å². The van der Waals surface area contributed by atoms with E-state index in [2.05, 4.69) is 17.4 Å². The van der Waals surface area contributed by atoms with Crippen molar-refractivity contribution in [3.63, 3.8) is 0 Å². The van der Waals surface area contributed by atoms with Crippen molar-refractivity contribution in [3.05, 3.63) is 66.2 Å². The van der Waals surface area contributed by atoms with Crippen molar-refractivity contribution in [3.8, 4) is 5.75 Å². The van der Waals surface area contributed by atoms with Gasteiger partial charge >= 0.3 is 5.97 Å². The second-order valence-corrected chi connectivity index (χ2v) is 5.54. The third-order valence-electron chi connectivity index (χ3n) is 3.60. The molecule has 0 bridgehead atoms. The molecule has 0 spiro atoms. The molecule has 2 aromatic carbocycles. The molecule has 0 aliphatic rings. The SMILES string of the molecule is O=C(O)CCC(CNCc1ccccc1)COc1ccccc1. The molecule has 0 aliphatic carbocycles. The van der Waals surface area contributed by atoms with E-state index >= 15 is 0 Å². The summed E-state index contributed by atoms with van der Waals surface area (Å²) in [5, 5.41) is 12.3. The van der Waals surface area contributed by atoms with Crippen LogP contribution in [0.15, 0.2) is 60.7 Å². The first-order valence-corrected chi connectivity index (χ1v) is 7.88. The summed E-state index contributed by atoms with van der Waals surface area (Å²) < 4.78 is 5.77. The lowest BCUT2D eigenvalue weighted by molar-refractivity contribution is -0.137. The van der Waals surface area contributed by atoms with Crippen LogP contribution >= 0.6 is 0 Å². The molecule has 0 amide bonds. The number of carbonyl (C=O) groups is 1. The number of carboxylic acid groups (broad SMARTS) is 1. The number of nitrogens with one attached hydrogen (secondary N) is 1. The van der Waals surface area contributed by atoms with Gasteiger partial charge in [-0.05, 0) is 24.1 Å². The van der Waals surface area contributed by atoms with E-state index in [1.54, 1.807) is 0 Å². The Morgan fingerprint density at radius 1 is 1.04 bits per heavy atom. The molecule has 1 unspecified atom stereocenters. The van der Waals surface area contributed by atoms with E-state index in [1.165, 1.54) is 5.56 Å². The predicted octanol–water partition coefficient (Wildman–Crippen LogP) is 3.34. The van der Waals surface area contributed by atoms with Gasteiger partial charge in [-0.1, -0.05) is 48.5 Å². The molecule has 1 atom stereocenters. The zero-order valence-electron chi connectivity index (χ0n) is 13.2. The first-order valence-electron chi connectivity index (χ1n) is 7.88. The van der Waals surface area contributed by atoms with Crippen LogP contribution in [0, 0.1) is 5.92 Å². The maximum Gasteiger partial charge on any atom is 0.303 e. The Morgan fingerprint density at radius 2 is 1.70 bits per heavy atom. The molecule has 0 saturated carbocycles. The van der Waals surface area contributed by atoms with Crippen LogP contribution in [0.2, 0.25) is 0 Å². The molecular weight excluding hydrogens is 290 g/mol. The first kappa shape index (κ1) is 17.0. The van der Waals surface area contributed by atoms with E-state index in [0.717, 1.165) is 18.8 Å². The number of carboxylic acids is 1. The summed E-state index contributed by atoms with van der Waals surface area (Å²) in [7, 11) is 0. The van der Waals surface area contributed by atoms with Gasteiger partial charge in [-0.15, -0.1) is 0 Å².